The topological polar surface area (TPSA) is 94.8 Å². The molecule has 1 N–H and O–H groups in total. The number of methoxy groups -OCH3 is 1. The maximum Gasteiger partial charge on any atom is 0.349 e. The first kappa shape index (κ1) is 19.7. The zero-order valence-corrected chi connectivity index (χ0v) is 15.0. The molecule has 1 heterocycles. The van der Waals surface area contributed by atoms with Crippen molar-refractivity contribution in [2.24, 2.45) is 0 Å². The van der Waals surface area contributed by atoms with Gasteiger partial charge in [0.2, 0.25) is 0 Å². The Morgan fingerprint density at radius 3 is 2.73 bits per heavy atom. The smallest absolute Gasteiger partial charge is 0.349 e. The van der Waals surface area contributed by atoms with Crippen LogP contribution in [0.4, 0.5) is 0 Å². The molecule has 2 aromatic rings. The summed E-state index contributed by atoms with van der Waals surface area (Å²) < 4.78 is 15.3. The monoisotopic (exact) mass is 361 g/mol. The van der Waals surface area contributed by atoms with Gasteiger partial charge in [-0.1, -0.05) is 13.3 Å². The molecule has 1 aromatic heterocycles. The van der Waals surface area contributed by atoms with E-state index in [4.69, 9.17) is 13.9 Å². The molecule has 0 aliphatic carbocycles. The summed E-state index contributed by atoms with van der Waals surface area (Å²) in [6.07, 6.45) is 2.64. The molecule has 140 valence electrons. The number of ether oxygens (including phenoxy) is 2. The van der Waals surface area contributed by atoms with Gasteiger partial charge >= 0.3 is 11.6 Å². The third kappa shape index (κ3) is 5.42. The van der Waals surface area contributed by atoms with Crippen LogP contribution < -0.4 is 15.7 Å². The maximum atomic E-state index is 12.1. The number of amides is 1. The minimum absolute atomic E-state index is 0.0670. The summed E-state index contributed by atoms with van der Waals surface area (Å²) in [4.78, 5) is 35.9. The predicted molar refractivity (Wildman–Crippen MR) is 96.5 cm³/mol. The van der Waals surface area contributed by atoms with Gasteiger partial charge in [0.05, 0.1) is 0 Å². The zero-order chi connectivity index (χ0) is 18.9. The van der Waals surface area contributed by atoms with Crippen LogP contribution in [0.5, 0.6) is 5.75 Å². The van der Waals surface area contributed by atoms with Gasteiger partial charge in [0.15, 0.2) is 0 Å². The Morgan fingerprint density at radius 1 is 1.19 bits per heavy atom. The number of unbranched alkanes of at least 4 members (excludes halogenated alkanes) is 1. The van der Waals surface area contributed by atoms with Crippen LogP contribution in [0.2, 0.25) is 0 Å². The van der Waals surface area contributed by atoms with Gasteiger partial charge < -0.3 is 19.2 Å². The minimum Gasteiger partial charge on any atom is -0.426 e. The van der Waals surface area contributed by atoms with Gasteiger partial charge in [0.1, 0.15) is 16.9 Å². The lowest BCUT2D eigenvalue weighted by Crippen LogP contribution is -2.29. The van der Waals surface area contributed by atoms with Crippen LogP contribution in [0.3, 0.4) is 0 Å². The summed E-state index contributed by atoms with van der Waals surface area (Å²) >= 11 is 0. The Kier molecular flexibility index (Phi) is 7.35. The lowest BCUT2D eigenvalue weighted by atomic mass is 10.1. The fourth-order valence-corrected chi connectivity index (χ4v) is 2.33. The predicted octanol–water partition coefficient (Wildman–Crippen LogP) is 2.65. The number of esters is 1. The number of nitrogens with one attached hydrogen (secondary N) is 1. The molecular weight excluding hydrogens is 338 g/mol. The van der Waals surface area contributed by atoms with Crippen LogP contribution in [0.25, 0.3) is 11.0 Å². The maximum absolute atomic E-state index is 12.1. The molecule has 1 amide bonds. The van der Waals surface area contributed by atoms with Gasteiger partial charge in [0.25, 0.3) is 5.91 Å². The molecule has 0 bridgehead atoms. The van der Waals surface area contributed by atoms with Gasteiger partial charge in [-0.2, -0.15) is 0 Å². The number of hydrogen-bond donors (Lipinski definition) is 1. The number of carbonyl (C=O) groups is 2. The van der Waals surface area contributed by atoms with Gasteiger partial charge in [0, 0.05) is 38.1 Å². The van der Waals surface area contributed by atoms with Gasteiger partial charge in [-0.3, -0.25) is 9.59 Å². The highest BCUT2D eigenvalue weighted by Gasteiger charge is 2.14. The number of benzene rings is 1. The summed E-state index contributed by atoms with van der Waals surface area (Å²) in [7, 11) is 1.58. The number of carbonyl (C=O) groups excluding carboxylic acids is 2. The molecule has 7 nitrogen and oxygen atoms in total. The van der Waals surface area contributed by atoms with E-state index in [9.17, 15) is 14.4 Å². The molecule has 0 atom stereocenters. The molecule has 0 saturated carbocycles. The Labute approximate surface area is 151 Å². The Balaban J connectivity index is 2.13. The molecule has 7 heteroatoms. The second-order valence-electron chi connectivity index (χ2n) is 5.83. The molecular formula is C19H23NO6. The van der Waals surface area contributed by atoms with E-state index in [1.165, 1.54) is 12.1 Å². The van der Waals surface area contributed by atoms with E-state index in [-0.39, 0.29) is 17.1 Å². The van der Waals surface area contributed by atoms with Crippen LogP contribution in [0, 0.1) is 0 Å². The summed E-state index contributed by atoms with van der Waals surface area (Å²) in [5.41, 5.74) is -0.550. The van der Waals surface area contributed by atoms with E-state index in [1.807, 2.05) is 6.92 Å². The van der Waals surface area contributed by atoms with E-state index in [0.29, 0.717) is 37.1 Å². The summed E-state index contributed by atoms with van der Waals surface area (Å²) in [5, 5.41) is 3.22. The second kappa shape index (κ2) is 9.72. The average Bonchev–Trinajstić information content (AvgIpc) is 2.62. The number of hydrogen-bond acceptors (Lipinski definition) is 6. The SMILES string of the molecule is CCCCC(=O)Oc1ccc2cc(C(=O)NCCCOC)c(=O)oc2c1. The summed E-state index contributed by atoms with van der Waals surface area (Å²) in [6, 6.07) is 6.19. The van der Waals surface area contributed by atoms with E-state index >= 15 is 0 Å². The molecule has 26 heavy (non-hydrogen) atoms. The van der Waals surface area contributed by atoms with Crippen molar-refractivity contribution in [3.05, 3.63) is 40.2 Å². The van der Waals surface area contributed by atoms with Crippen molar-refractivity contribution >= 4 is 22.8 Å². The van der Waals surface area contributed by atoms with Gasteiger partial charge in [-0.25, -0.2) is 4.79 Å². The molecule has 0 radical (unpaired) electrons. The van der Waals surface area contributed by atoms with E-state index in [2.05, 4.69) is 5.32 Å². The first-order valence-electron chi connectivity index (χ1n) is 8.61. The van der Waals surface area contributed by atoms with E-state index in [1.54, 1.807) is 19.2 Å². The number of rotatable bonds is 9. The Bertz CT molecular complexity index is 826. The Morgan fingerprint density at radius 2 is 2.00 bits per heavy atom. The van der Waals surface area contributed by atoms with Crippen LogP contribution >= 0.6 is 0 Å². The van der Waals surface area contributed by atoms with Crippen molar-refractivity contribution < 1.29 is 23.5 Å². The van der Waals surface area contributed by atoms with Gasteiger partial charge in [-0.15, -0.1) is 0 Å². The van der Waals surface area contributed by atoms with Crippen molar-refractivity contribution in [1.82, 2.24) is 5.32 Å². The van der Waals surface area contributed by atoms with E-state index in [0.717, 1.165) is 12.8 Å². The third-order valence-corrected chi connectivity index (χ3v) is 3.73. The zero-order valence-electron chi connectivity index (χ0n) is 15.0. The van der Waals surface area contributed by atoms with Crippen molar-refractivity contribution in [3.63, 3.8) is 0 Å². The van der Waals surface area contributed by atoms with Crippen LogP contribution in [-0.2, 0) is 9.53 Å². The fourth-order valence-electron chi connectivity index (χ4n) is 2.33. The largest absolute Gasteiger partial charge is 0.426 e. The average molecular weight is 361 g/mol. The Hall–Kier alpha value is -2.67. The van der Waals surface area contributed by atoms with Gasteiger partial charge in [-0.05, 0) is 31.0 Å². The molecule has 0 saturated heterocycles. The van der Waals surface area contributed by atoms with Crippen LogP contribution in [0.15, 0.2) is 33.5 Å². The van der Waals surface area contributed by atoms with Crippen molar-refractivity contribution in [2.75, 3.05) is 20.3 Å². The normalized spacial score (nSPS) is 10.7. The molecule has 0 fully saturated rings. The first-order chi connectivity index (χ1) is 12.5. The standard InChI is InChI=1S/C19H23NO6/c1-3-4-6-17(21)25-14-8-7-13-11-15(19(23)26-16(13)12-14)18(22)20-9-5-10-24-2/h7-8,11-12H,3-6,9-10H2,1-2H3,(H,20,22). The van der Waals surface area contributed by atoms with E-state index < -0.39 is 11.5 Å². The quantitative estimate of drug-likeness (QED) is 0.319. The molecule has 2 rings (SSSR count). The second-order valence-corrected chi connectivity index (χ2v) is 5.83. The first-order valence-corrected chi connectivity index (χ1v) is 8.61. The van der Waals surface area contributed by atoms with Crippen LogP contribution in [0.1, 0.15) is 43.0 Å². The lowest BCUT2D eigenvalue weighted by molar-refractivity contribution is -0.134. The molecule has 0 aliphatic heterocycles. The lowest BCUT2D eigenvalue weighted by Gasteiger charge is -2.07. The molecule has 0 spiro atoms. The highest BCUT2D eigenvalue weighted by molar-refractivity contribution is 5.96. The van der Waals surface area contributed by atoms with Crippen molar-refractivity contribution in [2.45, 2.75) is 32.6 Å². The molecule has 0 unspecified atom stereocenters. The highest BCUT2D eigenvalue weighted by atomic mass is 16.5. The minimum atomic E-state index is -0.740. The number of fused-ring (bicyclic) bond motifs is 1. The molecule has 0 aliphatic rings. The summed E-state index contributed by atoms with van der Waals surface area (Å²) in [5.74, 6) is -0.522. The fraction of sp³-hybridized carbons (Fsp3) is 0.421. The third-order valence-electron chi connectivity index (χ3n) is 3.73. The molecule has 1 aromatic carbocycles. The van der Waals surface area contributed by atoms with Crippen LogP contribution in [-0.4, -0.2) is 32.1 Å². The highest BCUT2D eigenvalue weighted by Crippen LogP contribution is 2.21. The van der Waals surface area contributed by atoms with Crippen molar-refractivity contribution in [3.8, 4) is 5.75 Å². The summed E-state index contributed by atoms with van der Waals surface area (Å²) in [6.45, 7) is 2.91. The van der Waals surface area contributed by atoms with Crippen molar-refractivity contribution in [1.29, 1.82) is 0 Å².